The molecule has 0 fully saturated rings. The molecule has 0 saturated carbocycles. The summed E-state index contributed by atoms with van der Waals surface area (Å²) in [5.74, 6) is -1.58. The molecule has 0 aliphatic carbocycles. The highest BCUT2D eigenvalue weighted by molar-refractivity contribution is 5.58. The molecule has 1 unspecified atom stereocenters. The summed E-state index contributed by atoms with van der Waals surface area (Å²) in [5.41, 5.74) is 1.25. The third kappa shape index (κ3) is 8.84. The molecular weight excluding hydrogens is 397 g/mol. The van der Waals surface area contributed by atoms with Crippen LogP contribution in [0.2, 0.25) is 0 Å². The first-order valence-electron chi connectivity index (χ1n) is 11.6. The summed E-state index contributed by atoms with van der Waals surface area (Å²) in [6, 6.07) is 3.14. The molecule has 2 aromatic rings. The molecule has 170 valence electrons. The van der Waals surface area contributed by atoms with Crippen LogP contribution in [0.25, 0.3) is 17.5 Å². The van der Waals surface area contributed by atoms with Gasteiger partial charge in [-0.2, -0.15) is 0 Å². The van der Waals surface area contributed by atoms with Gasteiger partial charge in [-0.15, -0.1) is 0 Å². The van der Waals surface area contributed by atoms with E-state index in [0.29, 0.717) is 24.8 Å². The number of benzene rings is 1. The molecule has 1 aromatic carbocycles. The Morgan fingerprint density at radius 3 is 2.32 bits per heavy atom. The van der Waals surface area contributed by atoms with Gasteiger partial charge in [0, 0.05) is 18.0 Å². The quantitative estimate of drug-likeness (QED) is 0.281. The van der Waals surface area contributed by atoms with Gasteiger partial charge in [-0.25, -0.2) is 23.1 Å². The van der Waals surface area contributed by atoms with Crippen molar-refractivity contribution in [2.24, 2.45) is 0 Å². The van der Waals surface area contributed by atoms with Gasteiger partial charge >= 0.3 is 0 Å². The van der Waals surface area contributed by atoms with E-state index in [-0.39, 0.29) is 11.4 Å². The number of rotatable bonds is 14. The molecule has 2 rings (SSSR count). The summed E-state index contributed by atoms with van der Waals surface area (Å²) in [6.07, 6.45) is 17.0. The molecule has 1 atom stereocenters. The zero-order chi connectivity index (χ0) is 22.5. The zero-order valence-corrected chi connectivity index (χ0v) is 18.8. The summed E-state index contributed by atoms with van der Waals surface area (Å²) in [5, 5.41) is 0. The minimum absolute atomic E-state index is 0.0685. The molecule has 31 heavy (non-hydrogen) atoms. The standard InChI is InChI=1S/C26H35F3N2/c1-3-4-5-6-7-8-11-14-21-18-30-26(31-19-21)23-17-16-22(24(28)25(23)29)15-12-9-10-13-20(2)27/h11,14,16-20H,3-10,12-13,15H2,1-2H3. The lowest BCUT2D eigenvalue weighted by molar-refractivity contribution is 0.330. The average molecular weight is 433 g/mol. The highest BCUT2D eigenvalue weighted by Gasteiger charge is 2.16. The summed E-state index contributed by atoms with van der Waals surface area (Å²) in [4.78, 5) is 8.44. The van der Waals surface area contributed by atoms with Gasteiger partial charge < -0.3 is 0 Å². The van der Waals surface area contributed by atoms with E-state index in [1.807, 2.05) is 6.08 Å². The molecule has 1 heterocycles. The SMILES string of the molecule is CCCCCCCC=Cc1cnc(-c2ccc(CCCCCC(C)F)c(F)c2F)nc1. The van der Waals surface area contributed by atoms with Crippen LogP contribution in [-0.2, 0) is 6.42 Å². The number of allylic oxidation sites excluding steroid dienone is 1. The lowest BCUT2D eigenvalue weighted by Crippen LogP contribution is -2.00. The maximum atomic E-state index is 14.6. The van der Waals surface area contributed by atoms with Gasteiger partial charge in [0.1, 0.15) is 0 Å². The van der Waals surface area contributed by atoms with Crippen molar-refractivity contribution in [1.29, 1.82) is 0 Å². The second-order valence-corrected chi connectivity index (χ2v) is 8.23. The third-order valence-electron chi connectivity index (χ3n) is 5.41. The predicted molar refractivity (Wildman–Crippen MR) is 123 cm³/mol. The maximum absolute atomic E-state index is 14.6. The Hall–Kier alpha value is -2.17. The van der Waals surface area contributed by atoms with Gasteiger partial charge in [-0.05, 0) is 50.7 Å². The van der Waals surface area contributed by atoms with Crippen LogP contribution in [-0.4, -0.2) is 16.1 Å². The number of hydrogen-bond acceptors (Lipinski definition) is 2. The van der Waals surface area contributed by atoms with Crippen molar-refractivity contribution < 1.29 is 13.2 Å². The van der Waals surface area contributed by atoms with Crippen LogP contribution in [0, 0.1) is 11.6 Å². The summed E-state index contributed by atoms with van der Waals surface area (Å²) in [7, 11) is 0. The van der Waals surface area contributed by atoms with Crippen molar-refractivity contribution in [3.8, 4) is 11.4 Å². The molecule has 0 N–H and O–H groups in total. The lowest BCUT2D eigenvalue weighted by Gasteiger charge is -2.08. The number of hydrogen-bond donors (Lipinski definition) is 0. The second-order valence-electron chi connectivity index (χ2n) is 8.23. The van der Waals surface area contributed by atoms with Crippen LogP contribution in [0.3, 0.4) is 0 Å². The molecule has 2 nitrogen and oxygen atoms in total. The Morgan fingerprint density at radius 2 is 1.61 bits per heavy atom. The Bertz CT molecular complexity index is 801. The Morgan fingerprint density at radius 1 is 0.903 bits per heavy atom. The molecule has 1 aromatic heterocycles. The number of nitrogens with zero attached hydrogens (tertiary/aromatic N) is 2. The number of halogens is 3. The number of aromatic nitrogens is 2. The van der Waals surface area contributed by atoms with Gasteiger partial charge in [0.15, 0.2) is 17.5 Å². The van der Waals surface area contributed by atoms with Gasteiger partial charge in [-0.1, -0.05) is 63.7 Å². The van der Waals surface area contributed by atoms with Crippen LogP contribution >= 0.6 is 0 Å². The van der Waals surface area contributed by atoms with Gasteiger partial charge in [0.2, 0.25) is 0 Å². The normalized spacial score (nSPS) is 12.5. The molecule has 0 radical (unpaired) electrons. The minimum Gasteiger partial charge on any atom is -0.248 e. The first-order chi connectivity index (χ1) is 15.0. The van der Waals surface area contributed by atoms with Gasteiger partial charge in [0.25, 0.3) is 0 Å². The van der Waals surface area contributed by atoms with E-state index in [1.165, 1.54) is 39.0 Å². The van der Waals surface area contributed by atoms with E-state index in [2.05, 4.69) is 23.0 Å². The average Bonchev–Trinajstić information content (AvgIpc) is 2.76. The predicted octanol–water partition coefficient (Wildman–Crippen LogP) is 8.26. The highest BCUT2D eigenvalue weighted by Crippen LogP contribution is 2.25. The van der Waals surface area contributed by atoms with Crippen LogP contribution in [0.4, 0.5) is 13.2 Å². The van der Waals surface area contributed by atoms with Crippen molar-refractivity contribution in [3.63, 3.8) is 0 Å². The fourth-order valence-electron chi connectivity index (χ4n) is 3.52. The van der Waals surface area contributed by atoms with Crippen LogP contribution < -0.4 is 0 Å². The van der Waals surface area contributed by atoms with E-state index in [9.17, 15) is 13.2 Å². The molecule has 0 bridgehead atoms. The van der Waals surface area contributed by atoms with Crippen LogP contribution in [0.15, 0.2) is 30.6 Å². The lowest BCUT2D eigenvalue weighted by atomic mass is 10.0. The molecule has 0 amide bonds. The number of alkyl halides is 1. The summed E-state index contributed by atoms with van der Waals surface area (Å²) in [6.45, 7) is 3.74. The van der Waals surface area contributed by atoms with Gasteiger partial charge in [-0.3, -0.25) is 0 Å². The summed E-state index contributed by atoms with van der Waals surface area (Å²) < 4.78 is 41.9. The smallest absolute Gasteiger partial charge is 0.170 e. The molecule has 5 heteroatoms. The van der Waals surface area contributed by atoms with E-state index in [0.717, 1.165) is 24.8 Å². The van der Waals surface area contributed by atoms with E-state index >= 15 is 0 Å². The Kier molecular flexibility index (Phi) is 11.3. The van der Waals surface area contributed by atoms with Crippen LogP contribution in [0.1, 0.15) is 89.2 Å². The van der Waals surface area contributed by atoms with Crippen molar-refractivity contribution in [2.75, 3.05) is 0 Å². The Labute approximate surface area is 185 Å². The van der Waals surface area contributed by atoms with E-state index in [4.69, 9.17) is 0 Å². The van der Waals surface area contributed by atoms with Crippen molar-refractivity contribution >= 4 is 6.08 Å². The second kappa shape index (κ2) is 14.0. The molecule has 0 saturated heterocycles. The zero-order valence-electron chi connectivity index (χ0n) is 18.8. The van der Waals surface area contributed by atoms with E-state index < -0.39 is 17.8 Å². The Balaban J connectivity index is 1.90. The minimum atomic E-state index is -0.912. The first-order valence-corrected chi connectivity index (χ1v) is 11.6. The molecule has 0 aliphatic heterocycles. The molecule has 0 aliphatic rings. The highest BCUT2D eigenvalue weighted by atomic mass is 19.2. The molecule has 0 spiro atoms. The monoisotopic (exact) mass is 432 g/mol. The maximum Gasteiger partial charge on any atom is 0.170 e. The number of aryl methyl sites for hydroxylation is 1. The van der Waals surface area contributed by atoms with Crippen molar-refractivity contribution in [1.82, 2.24) is 9.97 Å². The van der Waals surface area contributed by atoms with Gasteiger partial charge in [0.05, 0.1) is 11.7 Å². The van der Waals surface area contributed by atoms with Crippen molar-refractivity contribution in [3.05, 3.63) is 53.4 Å². The number of unbranched alkanes of at least 4 members (excludes halogenated alkanes) is 7. The fourth-order valence-corrected chi connectivity index (χ4v) is 3.52. The molecular formula is C26H35F3N2. The first kappa shape index (κ1) is 25.1. The topological polar surface area (TPSA) is 25.8 Å². The van der Waals surface area contributed by atoms with Crippen molar-refractivity contribution in [2.45, 2.75) is 90.6 Å². The van der Waals surface area contributed by atoms with Crippen LogP contribution in [0.5, 0.6) is 0 Å². The summed E-state index contributed by atoms with van der Waals surface area (Å²) >= 11 is 0. The largest absolute Gasteiger partial charge is 0.248 e. The third-order valence-corrected chi connectivity index (χ3v) is 5.41. The fraction of sp³-hybridized carbons (Fsp3) is 0.538. The van der Waals surface area contributed by atoms with E-state index in [1.54, 1.807) is 24.5 Å².